The second-order valence-corrected chi connectivity index (χ2v) is 8.14. The number of fused-ring (bicyclic) bond motifs is 1. The van der Waals surface area contributed by atoms with Crippen LogP contribution in [0.2, 0.25) is 0 Å². The van der Waals surface area contributed by atoms with E-state index in [1.54, 1.807) is 11.6 Å². The number of allylic oxidation sites excluding steroid dienone is 3. The molecule has 0 aromatic rings. The average molecular weight is 316 g/mol. The fraction of sp³-hybridized carbons (Fsp3) is 0.714. The van der Waals surface area contributed by atoms with Crippen LogP contribution in [0.3, 0.4) is 0 Å². The lowest BCUT2D eigenvalue weighted by Gasteiger charge is -2.41. The van der Waals surface area contributed by atoms with Crippen molar-refractivity contribution >= 4 is 0 Å². The quantitative estimate of drug-likeness (QED) is 0.734. The van der Waals surface area contributed by atoms with Gasteiger partial charge in [-0.3, -0.25) is 0 Å². The molecule has 0 aromatic carbocycles. The summed E-state index contributed by atoms with van der Waals surface area (Å²) in [4.78, 5) is 0. The summed E-state index contributed by atoms with van der Waals surface area (Å²) in [6.45, 7) is 4.98. The van der Waals surface area contributed by atoms with Gasteiger partial charge < -0.3 is 10.2 Å². The first-order valence-electron chi connectivity index (χ1n) is 9.41. The number of aliphatic hydroxyl groups is 2. The molecule has 2 nitrogen and oxygen atoms in total. The van der Waals surface area contributed by atoms with Gasteiger partial charge in [0.05, 0.1) is 12.7 Å². The Morgan fingerprint density at radius 2 is 1.96 bits per heavy atom. The summed E-state index contributed by atoms with van der Waals surface area (Å²) in [6.07, 6.45) is 15.4. The first-order chi connectivity index (χ1) is 11.0. The largest absolute Gasteiger partial charge is 0.392 e. The highest BCUT2D eigenvalue weighted by molar-refractivity contribution is 5.28. The molecule has 2 N–H and O–H groups in total. The minimum absolute atomic E-state index is 0.0357. The molecule has 0 aromatic heterocycles. The van der Waals surface area contributed by atoms with Crippen molar-refractivity contribution in [1.29, 1.82) is 0 Å². The van der Waals surface area contributed by atoms with Crippen molar-refractivity contribution in [2.45, 2.75) is 71.3 Å². The van der Waals surface area contributed by atoms with Crippen molar-refractivity contribution in [2.24, 2.45) is 17.3 Å². The summed E-state index contributed by atoms with van der Waals surface area (Å²) in [5.74, 6) is 1.63. The Bertz CT molecular complexity index is 528. The summed E-state index contributed by atoms with van der Waals surface area (Å²) < 4.78 is 0. The summed E-state index contributed by atoms with van der Waals surface area (Å²) in [6, 6.07) is 0. The van der Waals surface area contributed by atoms with Crippen LogP contribution in [0, 0.1) is 17.3 Å². The second-order valence-electron chi connectivity index (χ2n) is 8.14. The predicted octanol–water partition coefficient (Wildman–Crippen LogP) is 4.54. The van der Waals surface area contributed by atoms with Gasteiger partial charge in [-0.05, 0) is 74.2 Å². The van der Waals surface area contributed by atoms with E-state index in [0.717, 1.165) is 36.7 Å². The van der Waals surface area contributed by atoms with Crippen LogP contribution < -0.4 is 0 Å². The smallest absolute Gasteiger partial charge is 0.0788 e. The molecule has 0 spiro atoms. The number of hydrogen-bond donors (Lipinski definition) is 2. The summed E-state index contributed by atoms with van der Waals surface area (Å²) >= 11 is 0. The van der Waals surface area contributed by atoms with E-state index < -0.39 is 6.10 Å². The average Bonchev–Trinajstić information content (AvgIpc) is 2.84. The Labute approximate surface area is 141 Å². The number of aliphatic hydroxyl groups excluding tert-OH is 2. The molecule has 3 rings (SSSR count). The lowest BCUT2D eigenvalue weighted by molar-refractivity contribution is 0.147. The molecule has 0 aliphatic heterocycles. The lowest BCUT2D eigenvalue weighted by atomic mass is 9.64. The van der Waals surface area contributed by atoms with Gasteiger partial charge >= 0.3 is 0 Å². The summed E-state index contributed by atoms with van der Waals surface area (Å²) in [5.41, 5.74) is 4.54. The fourth-order valence-electron chi connectivity index (χ4n) is 5.18. The molecule has 3 aliphatic carbocycles. The molecule has 3 saturated carbocycles. The van der Waals surface area contributed by atoms with Gasteiger partial charge in [0.1, 0.15) is 0 Å². The molecule has 0 radical (unpaired) electrons. The van der Waals surface area contributed by atoms with Gasteiger partial charge in [0.2, 0.25) is 0 Å². The van der Waals surface area contributed by atoms with Gasteiger partial charge in [0.15, 0.2) is 0 Å². The lowest BCUT2D eigenvalue weighted by Crippen LogP contribution is -2.31. The number of rotatable bonds is 2. The monoisotopic (exact) mass is 316 g/mol. The molecular formula is C21H32O2. The first-order valence-corrected chi connectivity index (χ1v) is 9.41. The van der Waals surface area contributed by atoms with Crippen molar-refractivity contribution in [2.75, 3.05) is 6.61 Å². The molecule has 23 heavy (non-hydrogen) atoms. The second kappa shape index (κ2) is 6.94. The van der Waals surface area contributed by atoms with E-state index in [0.29, 0.717) is 5.41 Å². The molecular weight excluding hydrogens is 284 g/mol. The van der Waals surface area contributed by atoms with Crippen molar-refractivity contribution < 1.29 is 10.2 Å². The molecule has 4 unspecified atom stereocenters. The van der Waals surface area contributed by atoms with E-state index in [2.05, 4.69) is 26.0 Å². The van der Waals surface area contributed by atoms with Crippen LogP contribution in [0.1, 0.15) is 65.2 Å². The van der Waals surface area contributed by atoms with E-state index in [-0.39, 0.29) is 6.61 Å². The highest BCUT2D eigenvalue weighted by Gasteiger charge is 2.46. The van der Waals surface area contributed by atoms with Crippen molar-refractivity contribution in [3.8, 4) is 0 Å². The zero-order valence-electron chi connectivity index (χ0n) is 14.7. The molecule has 0 bridgehead atoms. The Hall–Kier alpha value is -0.860. The summed E-state index contributed by atoms with van der Waals surface area (Å²) in [5, 5.41) is 19.2. The van der Waals surface area contributed by atoms with Crippen molar-refractivity contribution in [1.82, 2.24) is 0 Å². The van der Waals surface area contributed by atoms with Crippen LogP contribution >= 0.6 is 0 Å². The normalized spacial score (nSPS) is 43.3. The topological polar surface area (TPSA) is 40.5 Å². The minimum Gasteiger partial charge on any atom is -0.392 e. The van der Waals surface area contributed by atoms with Crippen LogP contribution in [-0.4, -0.2) is 22.9 Å². The van der Waals surface area contributed by atoms with Gasteiger partial charge in [-0.15, -0.1) is 0 Å². The maximum atomic E-state index is 10.2. The maximum absolute atomic E-state index is 10.2. The third kappa shape index (κ3) is 3.34. The van der Waals surface area contributed by atoms with Gasteiger partial charge in [-0.1, -0.05) is 43.2 Å². The van der Waals surface area contributed by atoms with Crippen LogP contribution in [0.25, 0.3) is 0 Å². The molecule has 0 saturated heterocycles. The molecule has 4 atom stereocenters. The van der Waals surface area contributed by atoms with E-state index >= 15 is 0 Å². The fourth-order valence-corrected chi connectivity index (χ4v) is 5.18. The standard InChI is InChI=1S/C21H32O2/c1-15-5-10-19-17(4-3-12-21(15,19)2)8-6-16-7-9-18(11-13-22)20(23)14-16/h6,8,11,15,19-20,22-23H,3-5,7,9-10,12-14H2,1-2H3/b16-6-,17-8+,18-11+. The van der Waals surface area contributed by atoms with E-state index in [1.807, 2.05) is 0 Å². The predicted molar refractivity (Wildman–Crippen MR) is 95.0 cm³/mol. The molecule has 3 fully saturated rings. The van der Waals surface area contributed by atoms with Crippen LogP contribution in [-0.2, 0) is 0 Å². The maximum Gasteiger partial charge on any atom is 0.0788 e. The van der Waals surface area contributed by atoms with E-state index in [4.69, 9.17) is 5.11 Å². The van der Waals surface area contributed by atoms with Crippen LogP contribution in [0.5, 0.6) is 0 Å². The van der Waals surface area contributed by atoms with Crippen LogP contribution in [0.15, 0.2) is 34.9 Å². The van der Waals surface area contributed by atoms with Gasteiger partial charge in [0, 0.05) is 0 Å². The Balaban J connectivity index is 1.71. The van der Waals surface area contributed by atoms with E-state index in [1.165, 1.54) is 37.7 Å². The zero-order chi connectivity index (χ0) is 16.4. The van der Waals surface area contributed by atoms with E-state index in [9.17, 15) is 5.11 Å². The van der Waals surface area contributed by atoms with Gasteiger partial charge in [-0.2, -0.15) is 0 Å². The number of hydrogen-bond acceptors (Lipinski definition) is 2. The first kappa shape index (κ1) is 17.0. The highest BCUT2D eigenvalue weighted by Crippen LogP contribution is 2.57. The van der Waals surface area contributed by atoms with Crippen molar-refractivity contribution in [3.05, 3.63) is 34.9 Å². The molecule has 128 valence electrons. The molecule has 3 aliphatic rings. The third-order valence-electron chi connectivity index (χ3n) is 6.94. The summed E-state index contributed by atoms with van der Waals surface area (Å²) in [7, 11) is 0. The van der Waals surface area contributed by atoms with Crippen LogP contribution in [0.4, 0.5) is 0 Å². The van der Waals surface area contributed by atoms with Gasteiger partial charge in [-0.25, -0.2) is 0 Å². The molecule has 0 amide bonds. The Morgan fingerprint density at radius 1 is 1.13 bits per heavy atom. The minimum atomic E-state index is -0.399. The van der Waals surface area contributed by atoms with Crippen molar-refractivity contribution in [3.63, 3.8) is 0 Å². The highest BCUT2D eigenvalue weighted by atomic mass is 16.3. The SMILES string of the molecule is CC1CCC2/C(=C/C=C3/CC/C(=C\CO)C(O)C3)CCCC12C. The molecule has 2 heteroatoms. The zero-order valence-corrected chi connectivity index (χ0v) is 14.7. The Kier molecular flexibility index (Phi) is 5.13. The van der Waals surface area contributed by atoms with Gasteiger partial charge in [0.25, 0.3) is 0 Å². The third-order valence-corrected chi connectivity index (χ3v) is 6.94. The Morgan fingerprint density at radius 3 is 2.70 bits per heavy atom. The molecule has 0 heterocycles.